The van der Waals surface area contributed by atoms with Crippen molar-refractivity contribution in [2.24, 2.45) is 10.9 Å². The topological polar surface area (TPSA) is 61.7 Å². The van der Waals surface area contributed by atoms with Crippen molar-refractivity contribution in [2.45, 2.75) is 5.92 Å². The van der Waals surface area contributed by atoms with Gasteiger partial charge in [0, 0.05) is 15.5 Å². The third-order valence-corrected chi connectivity index (χ3v) is 3.21. The van der Waals surface area contributed by atoms with Crippen LogP contribution in [0.25, 0.3) is 0 Å². The smallest absolute Gasteiger partial charge is 0.317 e. The molecule has 0 aromatic heterocycles. The first-order valence-electron chi connectivity index (χ1n) is 5.19. The molecule has 1 aliphatic rings. The van der Waals surface area contributed by atoms with E-state index in [9.17, 15) is 9.18 Å². The number of aliphatic carboxylic acids is 1. The van der Waals surface area contributed by atoms with Gasteiger partial charge < -0.3 is 10.4 Å². The molecule has 6 heteroatoms. The highest BCUT2D eigenvalue weighted by molar-refractivity contribution is 14.1. The van der Waals surface area contributed by atoms with E-state index in [0.717, 1.165) is 3.57 Å². The molecular formula is C12H10FIN2O2. The minimum Gasteiger partial charge on any atom is -0.481 e. The van der Waals surface area contributed by atoms with E-state index >= 15 is 0 Å². The Hall–Kier alpha value is -1.44. The van der Waals surface area contributed by atoms with Crippen molar-refractivity contribution >= 4 is 40.5 Å². The molecule has 1 heterocycles. The zero-order chi connectivity index (χ0) is 13.2. The van der Waals surface area contributed by atoms with Crippen molar-refractivity contribution in [3.05, 3.63) is 40.0 Å². The molecule has 0 bridgehead atoms. The van der Waals surface area contributed by atoms with Crippen LogP contribution in [-0.2, 0) is 4.79 Å². The lowest BCUT2D eigenvalue weighted by molar-refractivity contribution is -0.144. The maximum atomic E-state index is 14.5. The fourth-order valence-corrected chi connectivity index (χ4v) is 1.97. The number of anilines is 1. The molecule has 2 rings (SSSR count). The van der Waals surface area contributed by atoms with Gasteiger partial charge in [-0.15, -0.1) is 0 Å². The lowest BCUT2D eigenvalue weighted by Gasteiger charge is -2.29. The lowest BCUT2D eigenvalue weighted by Crippen LogP contribution is -2.44. The van der Waals surface area contributed by atoms with Gasteiger partial charge in [-0.25, -0.2) is 4.99 Å². The third kappa shape index (κ3) is 2.69. The number of rotatable bonds is 3. The zero-order valence-corrected chi connectivity index (χ0v) is 11.3. The Morgan fingerprint density at radius 3 is 2.72 bits per heavy atom. The molecule has 2 unspecified atom stereocenters. The summed E-state index contributed by atoms with van der Waals surface area (Å²) in [6.07, 6.45) is 3.94. The molecule has 0 fully saturated rings. The number of halogens is 2. The molecule has 0 amide bonds. The number of allylic oxidation sites excluding steroid dienone is 1. The zero-order valence-electron chi connectivity index (χ0n) is 9.18. The van der Waals surface area contributed by atoms with Crippen molar-refractivity contribution in [1.82, 2.24) is 0 Å². The van der Waals surface area contributed by atoms with E-state index in [0.29, 0.717) is 5.69 Å². The summed E-state index contributed by atoms with van der Waals surface area (Å²) in [5.41, 5.74) is 0.483. The predicted octanol–water partition coefficient (Wildman–Crippen LogP) is 2.67. The van der Waals surface area contributed by atoms with E-state index in [1.54, 1.807) is 24.3 Å². The molecule has 4 nitrogen and oxygen atoms in total. The maximum absolute atomic E-state index is 14.5. The minimum atomic E-state index is -2.35. The van der Waals surface area contributed by atoms with E-state index in [1.165, 1.54) is 18.4 Å². The second-order valence-electron chi connectivity index (χ2n) is 3.78. The Balaban J connectivity index is 2.25. The molecule has 0 saturated carbocycles. The van der Waals surface area contributed by atoms with Crippen LogP contribution in [0.2, 0.25) is 0 Å². The average molecular weight is 360 g/mol. The molecule has 0 radical (unpaired) electrons. The highest BCUT2D eigenvalue weighted by Crippen LogP contribution is 2.30. The van der Waals surface area contributed by atoms with Crippen LogP contribution >= 0.6 is 22.6 Å². The number of nitrogens with one attached hydrogen (secondary N) is 1. The predicted molar refractivity (Wildman–Crippen MR) is 75.4 cm³/mol. The Labute approximate surface area is 117 Å². The number of carboxylic acids is 1. The monoisotopic (exact) mass is 360 g/mol. The van der Waals surface area contributed by atoms with Crippen LogP contribution in [-0.4, -0.2) is 23.2 Å². The van der Waals surface area contributed by atoms with Gasteiger partial charge in [0.15, 0.2) is 0 Å². The van der Waals surface area contributed by atoms with Gasteiger partial charge in [0.05, 0.1) is 0 Å². The van der Waals surface area contributed by atoms with Crippen LogP contribution in [0, 0.1) is 9.49 Å². The van der Waals surface area contributed by atoms with Gasteiger partial charge in [0.2, 0.25) is 0 Å². The maximum Gasteiger partial charge on any atom is 0.317 e. The highest BCUT2D eigenvalue weighted by atomic mass is 127. The Morgan fingerprint density at radius 1 is 1.44 bits per heavy atom. The molecule has 94 valence electrons. The summed E-state index contributed by atoms with van der Waals surface area (Å²) in [5.74, 6) is -4.96. The molecule has 1 aliphatic heterocycles. The van der Waals surface area contributed by atoms with Crippen molar-refractivity contribution in [1.29, 1.82) is 0 Å². The number of hydrogen-bond donors (Lipinski definition) is 2. The van der Waals surface area contributed by atoms with Crippen LogP contribution < -0.4 is 5.32 Å². The number of alkyl halides is 1. The van der Waals surface area contributed by atoms with E-state index in [2.05, 4.69) is 32.9 Å². The van der Waals surface area contributed by atoms with Crippen molar-refractivity contribution in [3.63, 3.8) is 0 Å². The summed E-state index contributed by atoms with van der Waals surface area (Å²) in [5, 5.41) is 11.5. The summed E-state index contributed by atoms with van der Waals surface area (Å²) < 4.78 is 15.5. The number of hydrogen-bond acceptors (Lipinski definition) is 3. The van der Waals surface area contributed by atoms with Gasteiger partial charge in [0.1, 0.15) is 5.92 Å². The normalized spacial score (nSPS) is 26.0. The van der Waals surface area contributed by atoms with Crippen molar-refractivity contribution in [3.8, 4) is 0 Å². The number of benzene rings is 1. The number of carboxylic acid groups (broad SMARTS) is 1. The lowest BCUT2D eigenvalue weighted by atomic mass is 10.0. The molecule has 2 atom stereocenters. The van der Waals surface area contributed by atoms with Crippen molar-refractivity contribution < 1.29 is 14.3 Å². The van der Waals surface area contributed by atoms with Gasteiger partial charge in [-0.1, -0.05) is 6.08 Å². The van der Waals surface area contributed by atoms with Crippen LogP contribution in [0.4, 0.5) is 10.1 Å². The quantitative estimate of drug-likeness (QED) is 0.644. The third-order valence-electron chi connectivity index (χ3n) is 2.49. The molecular weight excluding hydrogens is 350 g/mol. The van der Waals surface area contributed by atoms with Gasteiger partial charge >= 0.3 is 5.97 Å². The molecule has 0 spiro atoms. The first-order chi connectivity index (χ1) is 8.51. The standard InChI is InChI=1S/C12H10FIN2O2/c13-12(10(11(17)18)2-1-7-15-12)16-9-5-3-8(14)4-6-9/h1-7,10,16H,(H,17,18). The largest absolute Gasteiger partial charge is 0.481 e. The van der Waals surface area contributed by atoms with Crippen LogP contribution in [0.1, 0.15) is 0 Å². The molecule has 1 aromatic carbocycles. The second kappa shape index (κ2) is 5.05. The first-order valence-corrected chi connectivity index (χ1v) is 6.26. The number of carbonyl (C=O) groups is 1. The highest BCUT2D eigenvalue weighted by Gasteiger charge is 2.43. The Bertz CT molecular complexity index is 515. The summed E-state index contributed by atoms with van der Waals surface area (Å²) in [6, 6.07) is 6.94. The molecule has 0 aliphatic carbocycles. The van der Waals surface area contributed by atoms with E-state index in [4.69, 9.17) is 5.11 Å². The van der Waals surface area contributed by atoms with Crippen LogP contribution in [0.5, 0.6) is 0 Å². The second-order valence-corrected chi connectivity index (χ2v) is 5.03. The van der Waals surface area contributed by atoms with Gasteiger partial charge in [0.25, 0.3) is 5.92 Å². The Kier molecular flexibility index (Phi) is 3.65. The first kappa shape index (κ1) is 13.0. The SMILES string of the molecule is O=C(O)C1C=CC=NC1(F)Nc1ccc(I)cc1. The number of dihydropyridines is 1. The number of nitrogens with zero attached hydrogens (tertiary/aromatic N) is 1. The fraction of sp³-hybridized carbons (Fsp3) is 0.167. The van der Waals surface area contributed by atoms with Crippen LogP contribution in [0.3, 0.4) is 0 Å². The molecule has 18 heavy (non-hydrogen) atoms. The summed E-state index contributed by atoms with van der Waals surface area (Å²) in [7, 11) is 0. The van der Waals surface area contributed by atoms with Gasteiger partial charge in [-0.3, -0.25) is 4.79 Å². The summed E-state index contributed by atoms with van der Waals surface area (Å²) >= 11 is 2.13. The van der Waals surface area contributed by atoms with E-state index in [1.807, 2.05) is 0 Å². The van der Waals surface area contributed by atoms with Gasteiger partial charge in [-0.2, -0.15) is 4.39 Å². The fourth-order valence-electron chi connectivity index (χ4n) is 1.61. The molecule has 2 N–H and O–H groups in total. The number of aliphatic imine (C=N–C) groups is 1. The molecule has 1 aromatic rings. The van der Waals surface area contributed by atoms with Crippen molar-refractivity contribution in [2.75, 3.05) is 5.32 Å². The van der Waals surface area contributed by atoms with E-state index < -0.39 is 17.8 Å². The Morgan fingerprint density at radius 2 is 2.11 bits per heavy atom. The van der Waals surface area contributed by atoms with E-state index in [-0.39, 0.29) is 0 Å². The average Bonchev–Trinajstić information content (AvgIpc) is 2.32. The van der Waals surface area contributed by atoms with Crippen LogP contribution in [0.15, 0.2) is 41.4 Å². The molecule has 0 saturated heterocycles. The summed E-state index contributed by atoms with van der Waals surface area (Å²) in [4.78, 5) is 14.6. The summed E-state index contributed by atoms with van der Waals surface area (Å²) in [6.45, 7) is 0. The van der Waals surface area contributed by atoms with Gasteiger partial charge in [-0.05, 0) is 52.9 Å². The minimum absolute atomic E-state index is 0.483.